The van der Waals surface area contributed by atoms with Crippen LogP contribution in [-0.4, -0.2) is 55.9 Å². The molecule has 10 nitrogen and oxygen atoms in total. The van der Waals surface area contributed by atoms with Crippen molar-refractivity contribution in [2.24, 2.45) is 20.7 Å². The minimum atomic E-state index is -0.916. The number of nitrogens with zero attached hydrogens (tertiary/aromatic N) is 3. The van der Waals surface area contributed by atoms with Crippen molar-refractivity contribution < 1.29 is 24.9 Å². The molecule has 0 amide bonds. The number of carboxylic acids is 2. The van der Waals surface area contributed by atoms with Gasteiger partial charge in [-0.3, -0.25) is 9.59 Å². The zero-order valence-corrected chi connectivity index (χ0v) is 29.2. The van der Waals surface area contributed by atoms with Crippen LogP contribution in [0.3, 0.4) is 0 Å². The average molecular weight is 676 g/mol. The Kier molecular flexibility index (Phi) is 10.8. The number of carbonyl (C=O) groups is 2. The number of aliphatic hydroxyl groups excluding tert-OH is 1. The SMILES string of the molecule is C=CC1=C(C)C2=NC1=Cc1[nH]c(c(CCC(=O)O)c1C)C=C1N=C(C=C3N=C(C(C=C)=C3C)C2=C(O)CCCCCN)C(C)=C1CCC(=O)O. The maximum Gasteiger partial charge on any atom is 0.303 e. The highest BCUT2D eigenvalue weighted by Crippen LogP contribution is 2.39. The summed E-state index contributed by atoms with van der Waals surface area (Å²) in [7, 11) is 0. The molecule has 50 heavy (non-hydrogen) atoms. The summed E-state index contributed by atoms with van der Waals surface area (Å²) in [5, 5.41) is 31.0. The Morgan fingerprint density at radius 2 is 1.40 bits per heavy atom. The molecule has 0 unspecified atom stereocenters. The van der Waals surface area contributed by atoms with Crippen LogP contribution < -0.4 is 5.73 Å². The summed E-state index contributed by atoms with van der Waals surface area (Å²) in [6.07, 6.45) is 12.5. The number of aliphatic carboxylic acids is 2. The van der Waals surface area contributed by atoms with Crippen molar-refractivity contribution in [3.63, 3.8) is 0 Å². The smallest absolute Gasteiger partial charge is 0.303 e. The molecule has 4 aliphatic heterocycles. The standard InChI is InChI=1S/C40H45N5O5/c1-7-25-24(6)39-38(35(46)12-10-9-11-17-41)40-26(8-2)21(3)31(44-40)18-29-22(4)27(13-15-36(47)48)33(42-29)20-34-28(14-16-37(49)50)23(5)30(43-34)19-32(25)45-39/h7-8,18-20,43,46H,1-2,9-17,41H2,3-6H3,(H,47,48)(H,49,50). The second-order valence-corrected chi connectivity index (χ2v) is 12.9. The molecule has 0 saturated heterocycles. The van der Waals surface area contributed by atoms with Crippen molar-refractivity contribution in [3.05, 3.63) is 116 Å². The first-order valence-corrected chi connectivity index (χ1v) is 17.0. The molecule has 5 rings (SSSR count). The van der Waals surface area contributed by atoms with E-state index in [1.807, 2.05) is 45.9 Å². The molecule has 10 heteroatoms. The highest BCUT2D eigenvalue weighted by Gasteiger charge is 2.33. The fraction of sp³-hybridized carbons (Fsp3) is 0.325. The number of rotatable bonds is 13. The van der Waals surface area contributed by atoms with Crippen LogP contribution in [0.15, 0.2) is 108 Å². The van der Waals surface area contributed by atoms with Gasteiger partial charge in [-0.25, -0.2) is 15.0 Å². The molecular weight excluding hydrogens is 630 g/mol. The Morgan fingerprint density at radius 3 is 2.06 bits per heavy atom. The fourth-order valence-corrected chi connectivity index (χ4v) is 6.82. The number of aliphatic imine (C=N–C) groups is 3. The Bertz CT molecular complexity index is 2020. The second kappa shape index (κ2) is 15.0. The monoisotopic (exact) mass is 675 g/mol. The normalized spacial score (nSPS) is 18.1. The van der Waals surface area contributed by atoms with E-state index in [0.717, 1.165) is 69.5 Å². The van der Waals surface area contributed by atoms with Gasteiger partial charge in [0, 0.05) is 41.8 Å². The second-order valence-electron chi connectivity index (χ2n) is 12.9. The largest absolute Gasteiger partial charge is 0.512 e. The highest BCUT2D eigenvalue weighted by molar-refractivity contribution is 6.37. The first-order chi connectivity index (χ1) is 23.9. The summed E-state index contributed by atoms with van der Waals surface area (Å²) in [6.45, 7) is 16.6. The van der Waals surface area contributed by atoms with Gasteiger partial charge < -0.3 is 26.0 Å². The number of H-pyrrole nitrogens is 1. The van der Waals surface area contributed by atoms with Gasteiger partial charge in [-0.1, -0.05) is 31.7 Å². The Balaban J connectivity index is 1.84. The molecule has 0 fully saturated rings. The molecule has 1 aromatic rings. The van der Waals surface area contributed by atoms with Gasteiger partial charge in [0.25, 0.3) is 0 Å². The third-order valence-corrected chi connectivity index (χ3v) is 9.68. The topological polar surface area (TPSA) is 174 Å². The number of hydrogen-bond acceptors (Lipinski definition) is 7. The molecule has 0 radical (unpaired) electrons. The number of fused-ring (bicyclic) bond motifs is 5. The van der Waals surface area contributed by atoms with Gasteiger partial charge in [-0.05, 0) is 112 Å². The molecule has 0 aromatic carbocycles. The molecule has 0 spiro atoms. The van der Waals surface area contributed by atoms with E-state index >= 15 is 0 Å². The van der Waals surface area contributed by atoms with Gasteiger partial charge in [-0.15, -0.1) is 0 Å². The van der Waals surface area contributed by atoms with Crippen LogP contribution in [0.1, 0.15) is 88.2 Å². The zero-order chi connectivity index (χ0) is 36.3. The van der Waals surface area contributed by atoms with Crippen molar-refractivity contribution in [2.45, 2.75) is 79.1 Å². The predicted octanol–water partition coefficient (Wildman–Crippen LogP) is 7.80. The van der Waals surface area contributed by atoms with Crippen molar-refractivity contribution in [3.8, 4) is 0 Å². The Labute approximate surface area is 292 Å². The molecular formula is C40H45N5O5. The van der Waals surface area contributed by atoms with Crippen LogP contribution in [0.2, 0.25) is 0 Å². The van der Waals surface area contributed by atoms with E-state index in [0.29, 0.717) is 58.5 Å². The van der Waals surface area contributed by atoms with Crippen LogP contribution >= 0.6 is 0 Å². The summed E-state index contributed by atoms with van der Waals surface area (Å²) in [4.78, 5) is 42.1. The number of nitrogens with one attached hydrogen (secondary N) is 1. The number of aliphatic hydroxyl groups is 1. The van der Waals surface area contributed by atoms with Gasteiger partial charge in [-0.2, -0.15) is 0 Å². The van der Waals surface area contributed by atoms with E-state index in [1.165, 1.54) is 0 Å². The summed E-state index contributed by atoms with van der Waals surface area (Å²) in [6, 6.07) is 0. The molecule has 6 N–H and O–H groups in total. The average Bonchev–Trinajstić information content (AvgIpc) is 3.74. The van der Waals surface area contributed by atoms with Gasteiger partial charge in [0.05, 0.1) is 39.8 Å². The number of aromatic amines is 1. The van der Waals surface area contributed by atoms with Crippen LogP contribution in [0.4, 0.5) is 0 Å². The van der Waals surface area contributed by atoms with Crippen molar-refractivity contribution in [1.82, 2.24) is 4.98 Å². The number of unbranched alkanes of at least 4 members (excludes halogenated alkanes) is 2. The summed E-state index contributed by atoms with van der Waals surface area (Å²) in [5.74, 6) is -1.66. The number of allylic oxidation sites excluding steroid dienone is 10. The quantitative estimate of drug-likeness (QED) is 0.105. The summed E-state index contributed by atoms with van der Waals surface area (Å²) in [5.41, 5.74) is 18.0. The molecule has 0 atom stereocenters. The van der Waals surface area contributed by atoms with Crippen molar-refractivity contribution >= 4 is 41.2 Å². The van der Waals surface area contributed by atoms with Crippen LogP contribution in [-0.2, 0) is 16.0 Å². The molecule has 5 heterocycles. The van der Waals surface area contributed by atoms with E-state index in [2.05, 4.69) is 18.1 Å². The third kappa shape index (κ3) is 7.02. The molecule has 260 valence electrons. The van der Waals surface area contributed by atoms with E-state index in [-0.39, 0.29) is 31.4 Å². The minimum Gasteiger partial charge on any atom is -0.512 e. The van der Waals surface area contributed by atoms with Crippen LogP contribution in [0, 0.1) is 6.92 Å². The van der Waals surface area contributed by atoms with Gasteiger partial charge in [0.2, 0.25) is 0 Å². The maximum absolute atomic E-state index is 11.8. The highest BCUT2D eigenvalue weighted by atomic mass is 16.4. The third-order valence-electron chi connectivity index (χ3n) is 9.68. The number of hydrogen-bond donors (Lipinski definition) is 5. The van der Waals surface area contributed by atoms with E-state index < -0.39 is 11.9 Å². The molecule has 8 bridgehead atoms. The predicted molar refractivity (Wildman–Crippen MR) is 200 cm³/mol. The molecule has 4 aliphatic rings. The van der Waals surface area contributed by atoms with Gasteiger partial charge in [0.15, 0.2) is 0 Å². The summed E-state index contributed by atoms with van der Waals surface area (Å²) < 4.78 is 0. The van der Waals surface area contributed by atoms with E-state index in [9.17, 15) is 24.9 Å². The van der Waals surface area contributed by atoms with E-state index in [1.54, 1.807) is 12.2 Å². The lowest BCUT2D eigenvalue weighted by Crippen LogP contribution is -2.17. The Morgan fingerprint density at radius 1 is 0.740 bits per heavy atom. The van der Waals surface area contributed by atoms with E-state index in [4.69, 9.17) is 20.7 Å². The number of nitrogens with two attached hydrogens (primary N) is 1. The van der Waals surface area contributed by atoms with Gasteiger partial charge >= 0.3 is 11.9 Å². The van der Waals surface area contributed by atoms with Crippen molar-refractivity contribution in [2.75, 3.05) is 6.54 Å². The summed E-state index contributed by atoms with van der Waals surface area (Å²) >= 11 is 0. The zero-order valence-electron chi connectivity index (χ0n) is 29.2. The lowest BCUT2D eigenvalue weighted by Gasteiger charge is -2.14. The minimum absolute atomic E-state index is 0.0679. The Hall–Kier alpha value is -5.35. The fourth-order valence-electron chi connectivity index (χ4n) is 6.82. The van der Waals surface area contributed by atoms with Gasteiger partial charge in [0.1, 0.15) is 5.76 Å². The molecule has 0 saturated carbocycles. The lowest BCUT2D eigenvalue weighted by atomic mass is 9.90. The number of aromatic nitrogens is 1. The molecule has 1 aromatic heterocycles. The van der Waals surface area contributed by atoms with Crippen molar-refractivity contribution in [1.29, 1.82) is 0 Å². The first-order valence-electron chi connectivity index (χ1n) is 17.0. The van der Waals surface area contributed by atoms with Crippen LogP contribution in [0.25, 0.3) is 12.2 Å². The number of carboxylic acid groups (broad SMARTS) is 2. The lowest BCUT2D eigenvalue weighted by molar-refractivity contribution is -0.138. The maximum atomic E-state index is 11.8. The molecule has 0 aliphatic carbocycles. The first kappa shape index (κ1) is 35.9. The van der Waals surface area contributed by atoms with Crippen LogP contribution in [0.5, 0.6) is 0 Å².